The first kappa shape index (κ1) is 15.0. The number of ether oxygens (including phenoxy) is 1. The molecule has 1 atom stereocenters. The van der Waals surface area contributed by atoms with Gasteiger partial charge in [-0.3, -0.25) is 4.79 Å². The standard InChI is InChI=1S/C15H16INO3/c1-20-15(19)13-7-4-10-17(13)14(18)9-8-11-5-2-3-6-12(11)16/h2-3,5-6,8-9,13H,4,7,10H2,1H3/b9-8+/t13-/m0/s1. The Morgan fingerprint density at radius 1 is 1.40 bits per heavy atom. The van der Waals surface area contributed by atoms with Gasteiger partial charge in [-0.25, -0.2) is 4.79 Å². The Hall–Kier alpha value is -1.37. The van der Waals surface area contributed by atoms with Crippen LogP contribution < -0.4 is 0 Å². The molecule has 0 unspecified atom stereocenters. The normalized spacial score (nSPS) is 18.5. The van der Waals surface area contributed by atoms with E-state index < -0.39 is 6.04 Å². The third kappa shape index (κ3) is 3.39. The van der Waals surface area contributed by atoms with E-state index in [2.05, 4.69) is 22.6 Å². The first-order valence-corrected chi connectivity index (χ1v) is 7.52. The monoisotopic (exact) mass is 385 g/mol. The summed E-state index contributed by atoms with van der Waals surface area (Å²) in [5, 5.41) is 0. The number of esters is 1. The van der Waals surface area contributed by atoms with Gasteiger partial charge in [-0.1, -0.05) is 18.2 Å². The average molecular weight is 385 g/mol. The first-order chi connectivity index (χ1) is 9.63. The fourth-order valence-electron chi connectivity index (χ4n) is 2.28. The van der Waals surface area contributed by atoms with Crippen LogP contribution in [0.2, 0.25) is 0 Å². The van der Waals surface area contributed by atoms with Gasteiger partial charge in [0.05, 0.1) is 7.11 Å². The third-order valence-corrected chi connectivity index (χ3v) is 4.30. The summed E-state index contributed by atoms with van der Waals surface area (Å²) < 4.78 is 5.82. The molecule has 1 aliphatic rings. The summed E-state index contributed by atoms with van der Waals surface area (Å²) in [6.07, 6.45) is 4.83. The van der Waals surface area contributed by atoms with Crippen LogP contribution in [0.3, 0.4) is 0 Å². The summed E-state index contributed by atoms with van der Waals surface area (Å²) in [4.78, 5) is 25.4. The third-order valence-electron chi connectivity index (χ3n) is 3.32. The Bertz CT molecular complexity index is 542. The molecule has 1 heterocycles. The van der Waals surface area contributed by atoms with Crippen molar-refractivity contribution in [3.63, 3.8) is 0 Å². The molecule has 106 valence electrons. The second kappa shape index (κ2) is 6.88. The summed E-state index contributed by atoms with van der Waals surface area (Å²) >= 11 is 2.23. The zero-order valence-electron chi connectivity index (χ0n) is 11.2. The van der Waals surface area contributed by atoms with E-state index in [1.165, 1.54) is 13.2 Å². The fourth-order valence-corrected chi connectivity index (χ4v) is 2.85. The van der Waals surface area contributed by atoms with Crippen LogP contribution in [-0.4, -0.2) is 36.5 Å². The van der Waals surface area contributed by atoms with Crippen molar-refractivity contribution in [2.24, 2.45) is 0 Å². The quantitative estimate of drug-likeness (QED) is 0.456. The lowest BCUT2D eigenvalue weighted by Crippen LogP contribution is -2.40. The highest BCUT2D eigenvalue weighted by molar-refractivity contribution is 14.1. The number of halogens is 1. The second-order valence-electron chi connectivity index (χ2n) is 4.57. The van der Waals surface area contributed by atoms with Crippen molar-refractivity contribution in [2.75, 3.05) is 13.7 Å². The molecule has 0 radical (unpaired) electrons. The van der Waals surface area contributed by atoms with Gasteiger partial charge in [0, 0.05) is 16.2 Å². The van der Waals surface area contributed by atoms with Gasteiger partial charge in [0.15, 0.2) is 0 Å². The van der Waals surface area contributed by atoms with Gasteiger partial charge in [-0.05, 0) is 53.1 Å². The summed E-state index contributed by atoms with van der Waals surface area (Å²) in [7, 11) is 1.35. The van der Waals surface area contributed by atoms with Crippen LogP contribution >= 0.6 is 22.6 Å². The Balaban J connectivity index is 2.08. The minimum Gasteiger partial charge on any atom is -0.467 e. The molecular weight excluding hydrogens is 369 g/mol. The van der Waals surface area contributed by atoms with Crippen molar-refractivity contribution in [2.45, 2.75) is 18.9 Å². The molecule has 1 fully saturated rings. The minimum absolute atomic E-state index is 0.141. The number of carbonyl (C=O) groups is 2. The molecular formula is C15H16INO3. The summed E-state index contributed by atoms with van der Waals surface area (Å²) in [5.74, 6) is -0.476. The van der Waals surface area contributed by atoms with E-state index in [-0.39, 0.29) is 11.9 Å². The topological polar surface area (TPSA) is 46.6 Å². The van der Waals surface area contributed by atoms with Crippen molar-refractivity contribution in [1.29, 1.82) is 0 Å². The highest BCUT2D eigenvalue weighted by Gasteiger charge is 2.33. The van der Waals surface area contributed by atoms with Gasteiger partial charge in [-0.2, -0.15) is 0 Å². The van der Waals surface area contributed by atoms with Crippen molar-refractivity contribution < 1.29 is 14.3 Å². The number of benzene rings is 1. The van der Waals surface area contributed by atoms with Gasteiger partial charge in [0.1, 0.15) is 6.04 Å². The molecule has 1 aliphatic heterocycles. The zero-order chi connectivity index (χ0) is 14.5. The number of carbonyl (C=O) groups excluding carboxylic acids is 2. The summed E-state index contributed by atoms with van der Waals surface area (Å²) in [6, 6.07) is 7.38. The number of methoxy groups -OCH3 is 1. The van der Waals surface area contributed by atoms with Crippen LogP contribution in [0, 0.1) is 3.57 Å². The molecule has 1 amide bonds. The minimum atomic E-state index is -0.438. The number of likely N-dealkylation sites (tertiary alicyclic amines) is 1. The highest BCUT2D eigenvalue weighted by Crippen LogP contribution is 2.19. The van der Waals surface area contributed by atoms with Crippen LogP contribution in [0.4, 0.5) is 0 Å². The number of rotatable bonds is 3. The predicted molar refractivity (Wildman–Crippen MR) is 84.9 cm³/mol. The average Bonchev–Trinajstić information content (AvgIpc) is 2.94. The molecule has 1 saturated heterocycles. The Morgan fingerprint density at radius 3 is 2.85 bits per heavy atom. The Labute approximate surface area is 131 Å². The highest BCUT2D eigenvalue weighted by atomic mass is 127. The molecule has 1 aromatic rings. The molecule has 0 aromatic heterocycles. The van der Waals surface area contributed by atoms with E-state index in [0.717, 1.165) is 15.6 Å². The Kier molecular flexibility index (Phi) is 5.17. The van der Waals surface area contributed by atoms with Crippen LogP contribution in [-0.2, 0) is 14.3 Å². The molecule has 2 rings (SSSR count). The summed E-state index contributed by atoms with van der Waals surface area (Å²) in [5.41, 5.74) is 0.996. The van der Waals surface area contributed by atoms with Crippen LogP contribution in [0.15, 0.2) is 30.3 Å². The van der Waals surface area contributed by atoms with E-state index in [4.69, 9.17) is 4.74 Å². The lowest BCUT2D eigenvalue weighted by atomic mass is 10.2. The first-order valence-electron chi connectivity index (χ1n) is 6.44. The van der Waals surface area contributed by atoms with E-state index in [0.29, 0.717) is 13.0 Å². The van der Waals surface area contributed by atoms with Crippen molar-refractivity contribution in [3.05, 3.63) is 39.5 Å². The van der Waals surface area contributed by atoms with Gasteiger partial charge < -0.3 is 9.64 Å². The van der Waals surface area contributed by atoms with E-state index in [1.807, 2.05) is 24.3 Å². The van der Waals surface area contributed by atoms with E-state index in [1.54, 1.807) is 11.0 Å². The van der Waals surface area contributed by atoms with Gasteiger partial charge in [0.2, 0.25) is 5.91 Å². The molecule has 20 heavy (non-hydrogen) atoms. The smallest absolute Gasteiger partial charge is 0.328 e. The maximum absolute atomic E-state index is 12.2. The van der Waals surface area contributed by atoms with Crippen molar-refractivity contribution in [1.82, 2.24) is 4.90 Å². The largest absolute Gasteiger partial charge is 0.467 e. The molecule has 0 N–H and O–H groups in total. The predicted octanol–water partition coefficient (Wildman–Crippen LogP) is 2.47. The summed E-state index contributed by atoms with van der Waals surface area (Å²) in [6.45, 7) is 0.606. The number of nitrogens with zero attached hydrogens (tertiary/aromatic N) is 1. The van der Waals surface area contributed by atoms with E-state index >= 15 is 0 Å². The number of hydrogen-bond acceptors (Lipinski definition) is 3. The number of hydrogen-bond donors (Lipinski definition) is 0. The zero-order valence-corrected chi connectivity index (χ0v) is 13.4. The lowest BCUT2D eigenvalue weighted by molar-refractivity contribution is -0.149. The van der Waals surface area contributed by atoms with Gasteiger partial charge in [0.25, 0.3) is 0 Å². The molecule has 4 nitrogen and oxygen atoms in total. The Morgan fingerprint density at radius 2 is 2.15 bits per heavy atom. The molecule has 0 saturated carbocycles. The molecule has 5 heteroatoms. The van der Waals surface area contributed by atoms with Crippen LogP contribution in [0.1, 0.15) is 18.4 Å². The molecule has 0 bridgehead atoms. The van der Waals surface area contributed by atoms with Crippen molar-refractivity contribution in [3.8, 4) is 0 Å². The van der Waals surface area contributed by atoms with Crippen LogP contribution in [0.5, 0.6) is 0 Å². The number of amides is 1. The van der Waals surface area contributed by atoms with Crippen LogP contribution in [0.25, 0.3) is 6.08 Å². The second-order valence-corrected chi connectivity index (χ2v) is 5.73. The molecule has 1 aromatic carbocycles. The SMILES string of the molecule is COC(=O)[C@@H]1CCCN1C(=O)/C=C/c1ccccc1I. The fraction of sp³-hybridized carbons (Fsp3) is 0.333. The van der Waals surface area contributed by atoms with Gasteiger partial charge >= 0.3 is 5.97 Å². The van der Waals surface area contributed by atoms with E-state index in [9.17, 15) is 9.59 Å². The molecule has 0 spiro atoms. The maximum atomic E-state index is 12.2. The van der Waals surface area contributed by atoms with Crippen molar-refractivity contribution >= 4 is 40.5 Å². The molecule has 0 aliphatic carbocycles. The lowest BCUT2D eigenvalue weighted by Gasteiger charge is -2.20. The maximum Gasteiger partial charge on any atom is 0.328 e. The van der Waals surface area contributed by atoms with Gasteiger partial charge in [-0.15, -0.1) is 0 Å².